The summed E-state index contributed by atoms with van der Waals surface area (Å²) >= 11 is 12.0. The molecule has 10 heteroatoms. The van der Waals surface area contributed by atoms with Gasteiger partial charge in [0.05, 0.1) is 35.7 Å². The highest BCUT2D eigenvalue weighted by Gasteiger charge is 2.20. The Morgan fingerprint density at radius 2 is 2.03 bits per heavy atom. The largest absolute Gasteiger partial charge is 0.496 e. The molecule has 3 rings (SSSR count). The zero-order valence-corrected chi connectivity index (χ0v) is 16.6. The summed E-state index contributed by atoms with van der Waals surface area (Å²) in [6, 6.07) is 8.90. The van der Waals surface area contributed by atoms with Crippen LogP contribution >= 0.6 is 23.2 Å². The monoisotopic (exact) mass is 436 g/mol. The maximum absolute atomic E-state index is 12.1. The lowest BCUT2D eigenvalue weighted by Crippen LogP contribution is -2.10. The van der Waals surface area contributed by atoms with Crippen LogP contribution in [-0.2, 0) is 11.2 Å². The van der Waals surface area contributed by atoms with Crippen LogP contribution < -0.4 is 9.47 Å². The molecule has 0 saturated heterocycles. The van der Waals surface area contributed by atoms with Crippen LogP contribution in [0.5, 0.6) is 11.5 Å². The fraction of sp³-hybridized carbons (Fsp3) is 0.158. The Morgan fingerprint density at radius 1 is 1.24 bits per heavy atom. The first-order valence-electron chi connectivity index (χ1n) is 8.30. The van der Waals surface area contributed by atoms with E-state index >= 15 is 0 Å². The highest BCUT2D eigenvalue weighted by molar-refractivity contribution is 6.36. The normalized spacial score (nSPS) is 10.6. The Bertz CT molecular complexity index is 1070. The van der Waals surface area contributed by atoms with Crippen LogP contribution in [0.1, 0.15) is 12.3 Å². The van der Waals surface area contributed by atoms with Crippen molar-refractivity contribution in [3.63, 3.8) is 0 Å². The van der Waals surface area contributed by atoms with Crippen molar-refractivity contribution in [1.29, 1.82) is 0 Å². The van der Waals surface area contributed by atoms with Crippen molar-refractivity contribution in [2.45, 2.75) is 12.8 Å². The minimum atomic E-state index is -0.664. The molecule has 0 amide bonds. The van der Waals surface area contributed by atoms with Gasteiger partial charge >= 0.3 is 11.7 Å². The second-order valence-electron chi connectivity index (χ2n) is 5.81. The summed E-state index contributed by atoms with van der Waals surface area (Å²) in [5.74, 6) is 0.182. The van der Waals surface area contributed by atoms with Gasteiger partial charge in [-0.25, -0.2) is 4.98 Å². The number of ether oxygens (including phenoxy) is 2. The van der Waals surface area contributed by atoms with Crippen molar-refractivity contribution in [2.75, 3.05) is 7.11 Å². The Labute approximate surface area is 175 Å². The van der Waals surface area contributed by atoms with Crippen molar-refractivity contribution < 1.29 is 23.6 Å². The van der Waals surface area contributed by atoms with Crippen molar-refractivity contribution >= 4 is 34.9 Å². The Hall–Kier alpha value is -3.10. The first-order chi connectivity index (χ1) is 13.9. The fourth-order valence-electron chi connectivity index (χ4n) is 2.48. The van der Waals surface area contributed by atoms with E-state index in [2.05, 4.69) is 4.98 Å². The van der Waals surface area contributed by atoms with Gasteiger partial charge in [-0.2, -0.15) is 0 Å². The highest BCUT2D eigenvalue weighted by atomic mass is 35.5. The first kappa shape index (κ1) is 20.6. The molecule has 0 aliphatic heterocycles. The number of carbonyl (C=O) groups excluding carboxylic acids is 1. The molecule has 0 radical (unpaired) electrons. The van der Waals surface area contributed by atoms with Crippen molar-refractivity contribution in [2.24, 2.45) is 0 Å². The number of nitrogens with zero attached hydrogens (tertiary/aromatic N) is 2. The molecule has 0 saturated carbocycles. The molecule has 150 valence electrons. The number of aryl methyl sites for hydroxylation is 1. The third kappa shape index (κ3) is 5.04. The Morgan fingerprint density at radius 3 is 2.72 bits per heavy atom. The molecule has 0 aliphatic rings. The molecular formula is C19H14Cl2N2O6. The van der Waals surface area contributed by atoms with Gasteiger partial charge in [-0.05, 0) is 30.3 Å². The van der Waals surface area contributed by atoms with E-state index in [1.54, 1.807) is 18.2 Å². The molecule has 0 N–H and O–H groups in total. The van der Waals surface area contributed by atoms with Gasteiger partial charge in [0.1, 0.15) is 5.75 Å². The molecule has 3 aromatic rings. The van der Waals surface area contributed by atoms with Gasteiger partial charge in [0, 0.05) is 17.0 Å². The molecule has 0 bridgehead atoms. The number of benzene rings is 2. The molecule has 8 nitrogen and oxygen atoms in total. The number of esters is 1. The fourth-order valence-corrected chi connectivity index (χ4v) is 2.98. The molecule has 29 heavy (non-hydrogen) atoms. The van der Waals surface area contributed by atoms with Crippen LogP contribution in [-0.4, -0.2) is 23.0 Å². The first-order valence-corrected chi connectivity index (χ1v) is 9.06. The highest BCUT2D eigenvalue weighted by Crippen LogP contribution is 2.32. The number of oxazole rings is 1. The molecule has 2 aromatic carbocycles. The van der Waals surface area contributed by atoms with Gasteiger partial charge in [-0.1, -0.05) is 23.2 Å². The lowest BCUT2D eigenvalue weighted by atomic mass is 10.2. The summed E-state index contributed by atoms with van der Waals surface area (Å²) in [5, 5.41) is 12.1. The predicted octanol–water partition coefficient (Wildman–Crippen LogP) is 5.10. The van der Waals surface area contributed by atoms with E-state index in [1.165, 1.54) is 31.5 Å². The van der Waals surface area contributed by atoms with Crippen LogP contribution in [0.4, 0.5) is 5.69 Å². The summed E-state index contributed by atoms with van der Waals surface area (Å²) in [5.41, 5.74) is 0.250. The second kappa shape index (κ2) is 8.93. The van der Waals surface area contributed by atoms with E-state index in [0.717, 1.165) is 0 Å². The summed E-state index contributed by atoms with van der Waals surface area (Å²) in [6.45, 7) is 0. The van der Waals surface area contributed by atoms with Crippen molar-refractivity contribution in [3.05, 3.63) is 68.6 Å². The quantitative estimate of drug-likeness (QED) is 0.219. The number of nitro benzene ring substituents is 1. The van der Waals surface area contributed by atoms with Crippen LogP contribution in [0, 0.1) is 10.1 Å². The van der Waals surface area contributed by atoms with E-state index in [4.69, 9.17) is 37.1 Å². The van der Waals surface area contributed by atoms with Gasteiger partial charge in [-0.3, -0.25) is 14.9 Å². The van der Waals surface area contributed by atoms with Gasteiger partial charge in [0.15, 0.2) is 11.7 Å². The van der Waals surface area contributed by atoms with Gasteiger partial charge in [0.25, 0.3) is 0 Å². The van der Waals surface area contributed by atoms with E-state index in [1.807, 2.05) is 0 Å². The van der Waals surface area contributed by atoms with E-state index in [9.17, 15) is 14.9 Å². The summed E-state index contributed by atoms with van der Waals surface area (Å²) in [6.07, 6.45) is 1.55. The minimum absolute atomic E-state index is 0.0858. The number of rotatable bonds is 7. The van der Waals surface area contributed by atoms with E-state index in [0.29, 0.717) is 27.3 Å². The number of halogens is 2. The van der Waals surface area contributed by atoms with E-state index < -0.39 is 10.9 Å². The maximum atomic E-state index is 12.1. The molecule has 0 spiro atoms. The molecular weight excluding hydrogens is 423 g/mol. The van der Waals surface area contributed by atoms with Crippen LogP contribution in [0.2, 0.25) is 10.0 Å². The second-order valence-corrected chi connectivity index (χ2v) is 6.65. The van der Waals surface area contributed by atoms with Crippen LogP contribution in [0.15, 0.2) is 47.0 Å². The van der Waals surface area contributed by atoms with Gasteiger partial charge in [-0.15, -0.1) is 0 Å². The third-order valence-corrected chi connectivity index (χ3v) is 4.43. The molecule has 1 aromatic heterocycles. The number of methoxy groups -OCH3 is 1. The maximum Gasteiger partial charge on any atom is 0.315 e. The van der Waals surface area contributed by atoms with Gasteiger partial charge in [0.2, 0.25) is 5.75 Å². The van der Waals surface area contributed by atoms with Gasteiger partial charge < -0.3 is 13.9 Å². The van der Waals surface area contributed by atoms with Crippen LogP contribution in [0.25, 0.3) is 11.3 Å². The van der Waals surface area contributed by atoms with E-state index in [-0.39, 0.29) is 30.0 Å². The summed E-state index contributed by atoms with van der Waals surface area (Å²) in [7, 11) is 1.38. The van der Waals surface area contributed by atoms with Crippen molar-refractivity contribution in [3.8, 4) is 22.8 Å². The molecule has 0 unspecified atom stereocenters. The topological polar surface area (TPSA) is 105 Å². The zero-order valence-electron chi connectivity index (χ0n) is 15.1. The number of hydrogen-bond acceptors (Lipinski definition) is 7. The molecule has 0 fully saturated rings. The standard InChI is InChI=1S/C19H14Cl2N2O6/c1-27-12-3-5-16(15(9-12)23(25)26)29-19(24)7-6-18-22-10-17(28-18)13-4-2-11(20)8-14(13)21/h2-5,8-10H,6-7H2,1H3. The smallest absolute Gasteiger partial charge is 0.315 e. The lowest BCUT2D eigenvalue weighted by molar-refractivity contribution is -0.385. The number of carbonyl (C=O) groups is 1. The average molecular weight is 437 g/mol. The minimum Gasteiger partial charge on any atom is -0.496 e. The van der Waals surface area contributed by atoms with Crippen molar-refractivity contribution in [1.82, 2.24) is 4.98 Å². The van der Waals surface area contributed by atoms with Crippen LogP contribution in [0.3, 0.4) is 0 Å². The average Bonchev–Trinajstić information content (AvgIpc) is 3.15. The molecule has 1 heterocycles. The number of hydrogen-bond donors (Lipinski definition) is 0. The SMILES string of the molecule is COc1ccc(OC(=O)CCc2ncc(-c3ccc(Cl)cc3Cl)o2)c([N+](=O)[O-])c1. The molecule has 0 atom stereocenters. The number of nitro groups is 1. The molecule has 0 aliphatic carbocycles. The third-order valence-electron chi connectivity index (χ3n) is 3.88. The summed E-state index contributed by atoms with van der Waals surface area (Å²) in [4.78, 5) is 26.7. The summed E-state index contributed by atoms with van der Waals surface area (Å²) < 4.78 is 15.7. The number of aromatic nitrogens is 1. The lowest BCUT2D eigenvalue weighted by Gasteiger charge is -2.06. The Kier molecular flexibility index (Phi) is 6.36. The predicted molar refractivity (Wildman–Crippen MR) is 106 cm³/mol. The Balaban J connectivity index is 1.65. The zero-order chi connectivity index (χ0) is 21.0.